The monoisotopic (exact) mass is 215 g/mol. The van der Waals surface area contributed by atoms with Crippen molar-refractivity contribution in [2.24, 2.45) is 0 Å². The van der Waals surface area contributed by atoms with E-state index in [0.29, 0.717) is 12.1 Å². The summed E-state index contributed by atoms with van der Waals surface area (Å²) in [5.41, 5.74) is 0. The van der Waals surface area contributed by atoms with E-state index in [4.69, 9.17) is 9.47 Å². The van der Waals surface area contributed by atoms with Crippen LogP contribution in [0.25, 0.3) is 0 Å². The van der Waals surface area contributed by atoms with Gasteiger partial charge in [-0.05, 0) is 26.2 Å². The first-order chi connectivity index (χ1) is 7.27. The van der Waals surface area contributed by atoms with Gasteiger partial charge in [-0.25, -0.2) is 0 Å². The molecule has 1 aliphatic heterocycles. The molecule has 15 heavy (non-hydrogen) atoms. The molecule has 1 rings (SSSR count). The van der Waals surface area contributed by atoms with Crippen molar-refractivity contribution in [1.82, 2.24) is 4.90 Å². The van der Waals surface area contributed by atoms with E-state index in [9.17, 15) is 0 Å². The van der Waals surface area contributed by atoms with Gasteiger partial charge in [0.25, 0.3) is 0 Å². The summed E-state index contributed by atoms with van der Waals surface area (Å²) in [4.78, 5) is 2.50. The Bertz CT molecular complexity index is 164. The first kappa shape index (κ1) is 12.9. The molecule has 0 aromatic rings. The standard InChI is InChI=1S/C12H25NO2/c1-4-8-15-12-5-6-13(7-9-14-3)11(2)10-12/h11-12H,4-10H2,1-3H3/t11-,12-/m0/s1. The molecule has 0 saturated carbocycles. The fourth-order valence-electron chi connectivity index (χ4n) is 2.15. The number of hydrogen-bond acceptors (Lipinski definition) is 3. The number of piperidine rings is 1. The van der Waals surface area contributed by atoms with Crippen molar-refractivity contribution in [3.63, 3.8) is 0 Å². The molecule has 0 spiro atoms. The molecule has 0 aromatic carbocycles. The molecule has 0 bridgehead atoms. The lowest BCUT2D eigenvalue weighted by atomic mass is 10.0. The van der Waals surface area contributed by atoms with Gasteiger partial charge < -0.3 is 9.47 Å². The predicted octanol–water partition coefficient (Wildman–Crippen LogP) is 1.91. The molecule has 0 aromatic heterocycles. The van der Waals surface area contributed by atoms with Gasteiger partial charge >= 0.3 is 0 Å². The average molecular weight is 215 g/mol. The SMILES string of the molecule is CCCO[C@H]1CCN(CCOC)[C@@H](C)C1. The lowest BCUT2D eigenvalue weighted by Gasteiger charge is -2.37. The summed E-state index contributed by atoms with van der Waals surface area (Å²) in [6.07, 6.45) is 3.95. The van der Waals surface area contributed by atoms with Crippen LogP contribution in [0.15, 0.2) is 0 Å². The normalized spacial score (nSPS) is 28.2. The van der Waals surface area contributed by atoms with E-state index in [2.05, 4.69) is 18.7 Å². The minimum absolute atomic E-state index is 0.485. The Balaban J connectivity index is 2.21. The molecule has 3 heteroatoms. The van der Waals surface area contributed by atoms with Gasteiger partial charge in [0, 0.05) is 32.8 Å². The van der Waals surface area contributed by atoms with Crippen molar-refractivity contribution < 1.29 is 9.47 Å². The van der Waals surface area contributed by atoms with Gasteiger partial charge in [-0.3, -0.25) is 4.90 Å². The summed E-state index contributed by atoms with van der Waals surface area (Å²) in [6.45, 7) is 8.41. The third-order valence-electron chi connectivity index (χ3n) is 3.11. The fraction of sp³-hybridized carbons (Fsp3) is 1.00. The third-order valence-corrected chi connectivity index (χ3v) is 3.11. The van der Waals surface area contributed by atoms with E-state index in [-0.39, 0.29) is 0 Å². The number of nitrogens with zero attached hydrogens (tertiary/aromatic N) is 1. The second-order valence-electron chi connectivity index (χ2n) is 4.39. The molecule has 90 valence electrons. The van der Waals surface area contributed by atoms with Gasteiger partial charge in [0.1, 0.15) is 0 Å². The van der Waals surface area contributed by atoms with Crippen LogP contribution in [-0.4, -0.2) is 50.5 Å². The van der Waals surface area contributed by atoms with Crippen molar-refractivity contribution in [1.29, 1.82) is 0 Å². The van der Waals surface area contributed by atoms with Crippen LogP contribution in [0, 0.1) is 0 Å². The molecule has 1 fully saturated rings. The highest BCUT2D eigenvalue weighted by molar-refractivity contribution is 4.79. The van der Waals surface area contributed by atoms with Crippen LogP contribution < -0.4 is 0 Å². The van der Waals surface area contributed by atoms with Gasteiger partial charge in [-0.1, -0.05) is 6.92 Å². The summed E-state index contributed by atoms with van der Waals surface area (Å²) >= 11 is 0. The van der Waals surface area contributed by atoms with Gasteiger partial charge in [0.15, 0.2) is 0 Å². The summed E-state index contributed by atoms with van der Waals surface area (Å²) in [5.74, 6) is 0. The van der Waals surface area contributed by atoms with E-state index in [1.54, 1.807) is 7.11 Å². The highest BCUT2D eigenvalue weighted by atomic mass is 16.5. The van der Waals surface area contributed by atoms with Crippen molar-refractivity contribution in [2.75, 3.05) is 33.4 Å². The molecule has 0 N–H and O–H groups in total. The fourth-order valence-corrected chi connectivity index (χ4v) is 2.15. The lowest BCUT2D eigenvalue weighted by Crippen LogP contribution is -2.44. The smallest absolute Gasteiger partial charge is 0.0602 e. The topological polar surface area (TPSA) is 21.7 Å². The van der Waals surface area contributed by atoms with Crippen molar-refractivity contribution >= 4 is 0 Å². The minimum Gasteiger partial charge on any atom is -0.383 e. The number of ether oxygens (including phenoxy) is 2. The Morgan fingerprint density at radius 3 is 2.73 bits per heavy atom. The van der Waals surface area contributed by atoms with Crippen LogP contribution in [0.4, 0.5) is 0 Å². The predicted molar refractivity (Wildman–Crippen MR) is 62.2 cm³/mol. The third kappa shape index (κ3) is 4.49. The molecule has 0 amide bonds. The largest absolute Gasteiger partial charge is 0.383 e. The average Bonchev–Trinajstić information content (AvgIpc) is 2.25. The van der Waals surface area contributed by atoms with Gasteiger partial charge in [0.2, 0.25) is 0 Å². The molecule has 0 unspecified atom stereocenters. The number of hydrogen-bond donors (Lipinski definition) is 0. The highest BCUT2D eigenvalue weighted by Gasteiger charge is 2.25. The number of rotatable bonds is 6. The zero-order valence-corrected chi connectivity index (χ0v) is 10.4. The molecule has 1 saturated heterocycles. The molecular weight excluding hydrogens is 190 g/mol. The minimum atomic E-state index is 0.485. The Labute approximate surface area is 93.7 Å². The van der Waals surface area contributed by atoms with Crippen LogP contribution in [0.5, 0.6) is 0 Å². The molecule has 1 aliphatic rings. The van der Waals surface area contributed by atoms with Crippen molar-refractivity contribution in [2.45, 2.75) is 45.3 Å². The Morgan fingerprint density at radius 2 is 2.13 bits per heavy atom. The first-order valence-corrected chi connectivity index (χ1v) is 6.12. The maximum absolute atomic E-state index is 5.80. The lowest BCUT2D eigenvalue weighted by molar-refractivity contribution is -0.0165. The van der Waals surface area contributed by atoms with Gasteiger partial charge in [-0.2, -0.15) is 0 Å². The molecule has 0 aliphatic carbocycles. The van der Waals surface area contributed by atoms with Crippen LogP contribution in [0.3, 0.4) is 0 Å². The Hall–Kier alpha value is -0.120. The highest BCUT2D eigenvalue weighted by Crippen LogP contribution is 2.19. The molecule has 2 atom stereocenters. The van der Waals surface area contributed by atoms with Crippen LogP contribution >= 0.6 is 0 Å². The van der Waals surface area contributed by atoms with E-state index in [1.807, 2.05) is 0 Å². The van der Waals surface area contributed by atoms with Crippen LogP contribution in [0.1, 0.15) is 33.1 Å². The van der Waals surface area contributed by atoms with Crippen LogP contribution in [0.2, 0.25) is 0 Å². The Morgan fingerprint density at radius 1 is 1.33 bits per heavy atom. The maximum atomic E-state index is 5.80. The van der Waals surface area contributed by atoms with E-state index >= 15 is 0 Å². The molecule has 1 heterocycles. The molecular formula is C12H25NO2. The zero-order valence-electron chi connectivity index (χ0n) is 10.4. The number of likely N-dealkylation sites (tertiary alicyclic amines) is 1. The van der Waals surface area contributed by atoms with E-state index in [0.717, 1.165) is 32.7 Å². The number of methoxy groups -OCH3 is 1. The van der Waals surface area contributed by atoms with Gasteiger partial charge in [-0.15, -0.1) is 0 Å². The summed E-state index contributed by atoms with van der Waals surface area (Å²) in [5, 5.41) is 0. The molecule has 3 nitrogen and oxygen atoms in total. The maximum Gasteiger partial charge on any atom is 0.0602 e. The second-order valence-corrected chi connectivity index (χ2v) is 4.39. The quantitative estimate of drug-likeness (QED) is 0.675. The summed E-state index contributed by atoms with van der Waals surface area (Å²) < 4.78 is 10.9. The van der Waals surface area contributed by atoms with Crippen molar-refractivity contribution in [3.05, 3.63) is 0 Å². The van der Waals surface area contributed by atoms with E-state index < -0.39 is 0 Å². The van der Waals surface area contributed by atoms with Crippen molar-refractivity contribution in [3.8, 4) is 0 Å². The first-order valence-electron chi connectivity index (χ1n) is 6.12. The van der Waals surface area contributed by atoms with Gasteiger partial charge in [0.05, 0.1) is 12.7 Å². The van der Waals surface area contributed by atoms with E-state index in [1.165, 1.54) is 12.8 Å². The molecule has 0 radical (unpaired) electrons. The summed E-state index contributed by atoms with van der Waals surface area (Å²) in [7, 11) is 1.77. The zero-order chi connectivity index (χ0) is 11.1. The second kappa shape index (κ2) is 7.20. The Kier molecular flexibility index (Phi) is 6.22. The van der Waals surface area contributed by atoms with Crippen LogP contribution in [-0.2, 0) is 9.47 Å². The summed E-state index contributed by atoms with van der Waals surface area (Å²) in [6, 6.07) is 0.635.